The molecule has 3 rings (SSSR count). The summed E-state index contributed by atoms with van der Waals surface area (Å²) in [6.07, 6.45) is 3.57. The molecule has 1 N–H and O–H groups in total. The van der Waals surface area contributed by atoms with Gasteiger partial charge in [0, 0.05) is 17.0 Å². The Labute approximate surface area is 167 Å². The number of hydrogen-bond acceptors (Lipinski definition) is 5. The number of halogens is 1. The lowest BCUT2D eigenvalue weighted by Gasteiger charge is -2.10. The van der Waals surface area contributed by atoms with Crippen molar-refractivity contribution in [2.45, 2.75) is 12.5 Å². The fourth-order valence-electron chi connectivity index (χ4n) is 2.60. The van der Waals surface area contributed by atoms with Crippen LogP contribution in [0.1, 0.15) is 22.3 Å². The normalized spacial score (nSPS) is 16.0. The van der Waals surface area contributed by atoms with Crippen LogP contribution in [-0.2, 0) is 14.3 Å². The summed E-state index contributed by atoms with van der Waals surface area (Å²) < 4.78 is 10.2. The summed E-state index contributed by atoms with van der Waals surface area (Å²) in [5.74, 6) is -0.576. The van der Waals surface area contributed by atoms with Crippen molar-refractivity contribution < 1.29 is 23.9 Å². The van der Waals surface area contributed by atoms with Gasteiger partial charge >= 0.3 is 5.97 Å². The highest BCUT2D eigenvalue weighted by Gasteiger charge is 2.27. The third-order valence-electron chi connectivity index (χ3n) is 4.10. The number of allylic oxidation sites excluding steroid dienone is 1. The van der Waals surface area contributed by atoms with E-state index < -0.39 is 17.9 Å². The molecule has 1 amide bonds. The average Bonchev–Trinajstić information content (AvgIpc) is 3.10. The quantitative estimate of drug-likeness (QED) is 0.439. The van der Waals surface area contributed by atoms with Gasteiger partial charge in [-0.25, -0.2) is 4.79 Å². The molecular formula is C21H18ClNO5. The monoisotopic (exact) mass is 399 g/mol. The van der Waals surface area contributed by atoms with Crippen LogP contribution in [0.25, 0.3) is 6.08 Å². The van der Waals surface area contributed by atoms with Crippen LogP contribution in [0.15, 0.2) is 54.6 Å². The van der Waals surface area contributed by atoms with Gasteiger partial charge in [-0.1, -0.05) is 29.8 Å². The Balaban J connectivity index is 1.51. The van der Waals surface area contributed by atoms with Gasteiger partial charge in [0.05, 0.1) is 6.61 Å². The molecule has 7 heteroatoms. The maximum atomic E-state index is 12.3. The van der Waals surface area contributed by atoms with E-state index in [1.807, 2.05) is 18.2 Å². The zero-order valence-corrected chi connectivity index (χ0v) is 15.6. The number of ketones is 1. The molecule has 1 heterocycles. The molecule has 0 spiro atoms. The first-order valence-corrected chi connectivity index (χ1v) is 9.06. The number of rotatable bonds is 7. The van der Waals surface area contributed by atoms with Crippen molar-refractivity contribution in [3.8, 4) is 5.75 Å². The summed E-state index contributed by atoms with van der Waals surface area (Å²) in [6, 6.07) is 13.1. The highest BCUT2D eigenvalue weighted by Crippen LogP contribution is 2.17. The Bertz CT molecular complexity index is 907. The molecular weight excluding hydrogens is 382 g/mol. The summed E-state index contributed by atoms with van der Waals surface area (Å²) >= 11 is 6.06. The smallest absolute Gasteiger partial charge is 0.328 e. The molecule has 0 radical (unpaired) electrons. The molecule has 1 saturated heterocycles. The van der Waals surface area contributed by atoms with Crippen molar-refractivity contribution in [2.24, 2.45) is 0 Å². The van der Waals surface area contributed by atoms with Crippen LogP contribution in [0.4, 0.5) is 0 Å². The van der Waals surface area contributed by atoms with Gasteiger partial charge in [-0.05, 0) is 48.0 Å². The Morgan fingerprint density at radius 2 is 1.93 bits per heavy atom. The van der Waals surface area contributed by atoms with Gasteiger partial charge in [0.2, 0.25) is 0 Å². The summed E-state index contributed by atoms with van der Waals surface area (Å²) in [5, 5.41) is 3.12. The molecule has 1 fully saturated rings. The van der Waals surface area contributed by atoms with Crippen molar-refractivity contribution in [2.75, 3.05) is 13.2 Å². The molecule has 0 unspecified atom stereocenters. The molecule has 2 aromatic rings. The van der Waals surface area contributed by atoms with Gasteiger partial charge in [-0.2, -0.15) is 0 Å². The van der Waals surface area contributed by atoms with Gasteiger partial charge in [0.15, 0.2) is 12.4 Å². The van der Waals surface area contributed by atoms with Crippen molar-refractivity contribution in [3.05, 3.63) is 70.8 Å². The zero-order chi connectivity index (χ0) is 19.9. The van der Waals surface area contributed by atoms with E-state index in [9.17, 15) is 14.4 Å². The van der Waals surface area contributed by atoms with Crippen molar-refractivity contribution in [1.29, 1.82) is 0 Å². The molecule has 1 aliphatic rings. The van der Waals surface area contributed by atoms with Gasteiger partial charge in [0.1, 0.15) is 11.8 Å². The van der Waals surface area contributed by atoms with Crippen LogP contribution >= 0.6 is 11.6 Å². The lowest BCUT2D eigenvalue weighted by atomic mass is 10.1. The van der Waals surface area contributed by atoms with Crippen molar-refractivity contribution in [3.63, 3.8) is 0 Å². The van der Waals surface area contributed by atoms with Crippen LogP contribution in [0.2, 0.25) is 5.02 Å². The molecule has 6 nitrogen and oxygen atoms in total. The fraction of sp³-hybridized carbons (Fsp3) is 0.190. The Morgan fingerprint density at radius 1 is 1.18 bits per heavy atom. The predicted octanol–water partition coefficient (Wildman–Crippen LogP) is 3.05. The highest BCUT2D eigenvalue weighted by atomic mass is 35.5. The largest absolute Gasteiger partial charge is 0.484 e. The fourth-order valence-corrected chi connectivity index (χ4v) is 2.80. The number of hydrogen-bond donors (Lipinski definition) is 1. The number of carbonyl (C=O) groups is 3. The first kappa shape index (κ1) is 19.6. The van der Waals surface area contributed by atoms with Gasteiger partial charge in [0.25, 0.3) is 5.91 Å². The third-order valence-corrected chi connectivity index (χ3v) is 4.44. The van der Waals surface area contributed by atoms with Crippen LogP contribution in [0.5, 0.6) is 5.75 Å². The zero-order valence-electron chi connectivity index (χ0n) is 14.9. The lowest BCUT2D eigenvalue weighted by molar-refractivity contribution is -0.141. The van der Waals surface area contributed by atoms with Gasteiger partial charge < -0.3 is 14.8 Å². The van der Waals surface area contributed by atoms with Crippen LogP contribution < -0.4 is 10.1 Å². The van der Waals surface area contributed by atoms with Crippen LogP contribution in [0, 0.1) is 0 Å². The van der Waals surface area contributed by atoms with E-state index in [1.165, 1.54) is 6.08 Å². The van der Waals surface area contributed by atoms with E-state index in [4.69, 9.17) is 21.1 Å². The number of ether oxygens (including phenoxy) is 2. The molecule has 0 aliphatic carbocycles. The maximum absolute atomic E-state index is 12.3. The second kappa shape index (κ2) is 9.19. The second-order valence-corrected chi connectivity index (χ2v) is 6.52. The minimum absolute atomic E-state index is 0.177. The molecule has 0 saturated carbocycles. The highest BCUT2D eigenvalue weighted by molar-refractivity contribution is 6.32. The van der Waals surface area contributed by atoms with Crippen LogP contribution in [0.3, 0.4) is 0 Å². The summed E-state index contributed by atoms with van der Waals surface area (Å²) in [4.78, 5) is 35.4. The molecule has 0 aromatic heterocycles. The third kappa shape index (κ3) is 5.20. The van der Waals surface area contributed by atoms with Crippen molar-refractivity contribution in [1.82, 2.24) is 5.32 Å². The maximum Gasteiger partial charge on any atom is 0.328 e. The first-order chi connectivity index (χ1) is 13.5. The number of cyclic esters (lactones) is 1. The van der Waals surface area contributed by atoms with Crippen LogP contribution in [-0.4, -0.2) is 36.9 Å². The number of esters is 1. The summed E-state index contributed by atoms with van der Waals surface area (Å²) in [7, 11) is 0. The first-order valence-electron chi connectivity index (χ1n) is 8.69. The van der Waals surface area contributed by atoms with Gasteiger partial charge in [-0.15, -0.1) is 0 Å². The molecule has 28 heavy (non-hydrogen) atoms. The number of amides is 1. The van der Waals surface area contributed by atoms with Gasteiger partial charge in [-0.3, -0.25) is 9.59 Å². The molecule has 1 aliphatic heterocycles. The standard InChI is InChI=1S/C21H18ClNO5/c22-17-4-2-1-3-14(17)7-10-19(24)15-5-8-16(9-6-15)28-13-20(25)23-18-11-12-27-21(18)26/h1-10,18H,11-13H2,(H,23,25)/b10-7+/t18-/m0/s1. The summed E-state index contributed by atoms with van der Waals surface area (Å²) in [5.41, 5.74) is 1.24. The molecule has 144 valence electrons. The van der Waals surface area contributed by atoms with E-state index in [0.717, 1.165) is 5.56 Å². The average molecular weight is 400 g/mol. The summed E-state index contributed by atoms with van der Waals surface area (Å²) in [6.45, 7) is 0.0779. The molecule has 0 bridgehead atoms. The number of benzene rings is 2. The second-order valence-electron chi connectivity index (χ2n) is 6.11. The molecule has 2 aromatic carbocycles. The Morgan fingerprint density at radius 3 is 2.61 bits per heavy atom. The lowest BCUT2D eigenvalue weighted by Crippen LogP contribution is -2.40. The Kier molecular flexibility index (Phi) is 6.45. The minimum Gasteiger partial charge on any atom is -0.484 e. The predicted molar refractivity (Wildman–Crippen MR) is 104 cm³/mol. The topological polar surface area (TPSA) is 81.7 Å². The minimum atomic E-state index is -0.610. The molecule has 1 atom stereocenters. The number of nitrogens with one attached hydrogen (secondary N) is 1. The van der Waals surface area contributed by atoms with E-state index in [1.54, 1.807) is 36.4 Å². The van der Waals surface area contributed by atoms with Crippen molar-refractivity contribution >= 4 is 35.3 Å². The number of carbonyl (C=O) groups excluding carboxylic acids is 3. The van der Waals surface area contributed by atoms with E-state index in [-0.39, 0.29) is 12.4 Å². The van der Waals surface area contributed by atoms with E-state index >= 15 is 0 Å². The SMILES string of the molecule is O=C(COc1ccc(C(=O)/C=C/c2ccccc2Cl)cc1)N[C@H]1CCOC1=O. The van der Waals surface area contributed by atoms with E-state index in [2.05, 4.69) is 5.32 Å². The Hall–Kier alpha value is -3.12. The van der Waals surface area contributed by atoms with E-state index in [0.29, 0.717) is 29.4 Å².